The maximum Gasteiger partial charge on any atom is 0.410 e. The van der Waals surface area contributed by atoms with Crippen molar-refractivity contribution in [2.45, 2.75) is 58.3 Å². The van der Waals surface area contributed by atoms with E-state index in [9.17, 15) is 4.79 Å². The van der Waals surface area contributed by atoms with Gasteiger partial charge in [0.2, 0.25) is 0 Å². The van der Waals surface area contributed by atoms with Gasteiger partial charge in [-0.05, 0) is 75.1 Å². The average molecular weight is 548 g/mol. The highest BCUT2D eigenvalue weighted by atomic mass is 16.6. The lowest BCUT2D eigenvalue weighted by Crippen LogP contribution is -2.42. The zero-order valence-electron chi connectivity index (χ0n) is 24.1. The van der Waals surface area contributed by atoms with E-state index in [0.29, 0.717) is 37.7 Å². The van der Waals surface area contributed by atoms with Gasteiger partial charge in [-0.2, -0.15) is 0 Å². The van der Waals surface area contributed by atoms with Gasteiger partial charge in [-0.1, -0.05) is 24.3 Å². The fraction of sp³-hybridized carbons (Fsp3) is 0.419. The van der Waals surface area contributed by atoms with Crippen molar-refractivity contribution in [1.82, 2.24) is 9.88 Å². The van der Waals surface area contributed by atoms with Crippen LogP contribution >= 0.6 is 0 Å². The molecular formula is C31H41N5O4. The molecule has 1 fully saturated rings. The molecule has 1 aromatic heterocycles. The molecule has 3 N–H and O–H groups in total. The van der Waals surface area contributed by atoms with Gasteiger partial charge in [0.05, 0.1) is 31.6 Å². The van der Waals surface area contributed by atoms with Crippen LogP contribution in [-0.2, 0) is 17.8 Å². The Balaban J connectivity index is 1.54. The third-order valence-electron chi connectivity index (χ3n) is 6.87. The Morgan fingerprint density at radius 3 is 2.10 bits per heavy atom. The lowest BCUT2D eigenvalue weighted by atomic mass is 10.1. The van der Waals surface area contributed by atoms with E-state index in [4.69, 9.17) is 19.9 Å². The topological polar surface area (TPSA) is 102 Å². The van der Waals surface area contributed by atoms with Crippen molar-refractivity contribution in [2.75, 3.05) is 43.3 Å². The third-order valence-corrected chi connectivity index (χ3v) is 6.87. The van der Waals surface area contributed by atoms with Crippen molar-refractivity contribution in [2.24, 2.45) is 0 Å². The van der Waals surface area contributed by atoms with Crippen LogP contribution in [-0.4, -0.2) is 54.9 Å². The summed E-state index contributed by atoms with van der Waals surface area (Å²) >= 11 is 0. The smallest absolute Gasteiger partial charge is 0.410 e. The van der Waals surface area contributed by atoms with E-state index in [2.05, 4.69) is 15.2 Å². The zero-order chi connectivity index (χ0) is 28.7. The largest absolute Gasteiger partial charge is 0.497 e. The first-order valence-corrected chi connectivity index (χ1v) is 13.7. The van der Waals surface area contributed by atoms with Gasteiger partial charge in [0.1, 0.15) is 17.1 Å². The van der Waals surface area contributed by atoms with Crippen LogP contribution in [0.25, 0.3) is 0 Å². The van der Waals surface area contributed by atoms with Crippen LogP contribution in [0.5, 0.6) is 11.5 Å². The summed E-state index contributed by atoms with van der Waals surface area (Å²) in [7, 11) is 3.32. The van der Waals surface area contributed by atoms with Crippen LogP contribution in [0.4, 0.5) is 22.0 Å². The molecule has 214 valence electrons. The molecule has 1 saturated heterocycles. The summed E-state index contributed by atoms with van der Waals surface area (Å²) < 4.78 is 16.3. The summed E-state index contributed by atoms with van der Waals surface area (Å²) in [6.07, 6.45) is 3.35. The van der Waals surface area contributed by atoms with Crippen molar-refractivity contribution >= 4 is 23.3 Å². The number of carbonyl (C=O) groups is 1. The normalized spacial score (nSPS) is 15.0. The summed E-state index contributed by atoms with van der Waals surface area (Å²) in [4.78, 5) is 21.4. The summed E-state index contributed by atoms with van der Waals surface area (Å²) in [5.41, 5.74) is 9.76. The number of pyridine rings is 1. The molecule has 2 heterocycles. The predicted octanol–water partition coefficient (Wildman–Crippen LogP) is 5.70. The number of ether oxygens (including phenoxy) is 3. The summed E-state index contributed by atoms with van der Waals surface area (Å²) in [5.74, 6) is 2.30. The quantitative estimate of drug-likeness (QED) is 0.333. The lowest BCUT2D eigenvalue weighted by Gasteiger charge is -2.29. The molecule has 0 spiro atoms. The Morgan fingerprint density at radius 1 is 1.00 bits per heavy atom. The molecule has 4 rings (SSSR count). The number of hydrogen-bond acceptors (Lipinski definition) is 8. The van der Waals surface area contributed by atoms with E-state index in [1.165, 1.54) is 0 Å². The highest BCUT2D eigenvalue weighted by Crippen LogP contribution is 2.32. The number of anilines is 3. The fourth-order valence-electron chi connectivity index (χ4n) is 4.81. The zero-order valence-corrected chi connectivity index (χ0v) is 24.1. The molecule has 9 nitrogen and oxygen atoms in total. The van der Waals surface area contributed by atoms with Gasteiger partial charge in [0.15, 0.2) is 5.82 Å². The van der Waals surface area contributed by atoms with Crippen molar-refractivity contribution in [1.29, 1.82) is 0 Å². The van der Waals surface area contributed by atoms with Crippen LogP contribution in [0.2, 0.25) is 0 Å². The maximum absolute atomic E-state index is 12.7. The average Bonchev–Trinajstić information content (AvgIpc) is 3.41. The minimum atomic E-state index is -0.528. The van der Waals surface area contributed by atoms with Gasteiger partial charge >= 0.3 is 6.09 Å². The molecule has 0 aliphatic carbocycles. The van der Waals surface area contributed by atoms with Gasteiger partial charge in [0.25, 0.3) is 0 Å². The van der Waals surface area contributed by atoms with E-state index in [-0.39, 0.29) is 12.1 Å². The van der Waals surface area contributed by atoms with Gasteiger partial charge in [-0.25, -0.2) is 9.78 Å². The molecule has 1 unspecified atom stereocenters. The number of nitrogens with zero attached hydrogens (tertiary/aromatic N) is 3. The molecule has 1 aliphatic rings. The monoisotopic (exact) mass is 547 g/mol. The second-order valence-corrected chi connectivity index (χ2v) is 11.0. The molecule has 40 heavy (non-hydrogen) atoms. The number of nitrogens with two attached hydrogens (primary N) is 1. The number of aromatic nitrogens is 1. The number of methoxy groups -OCH3 is 2. The highest BCUT2D eigenvalue weighted by Gasteiger charge is 2.32. The molecule has 0 bridgehead atoms. The van der Waals surface area contributed by atoms with Gasteiger partial charge in [-0.15, -0.1) is 0 Å². The van der Waals surface area contributed by atoms with E-state index in [0.717, 1.165) is 41.2 Å². The third kappa shape index (κ3) is 7.49. The van der Waals surface area contributed by atoms with E-state index < -0.39 is 5.60 Å². The number of nitrogens with one attached hydrogen (secondary N) is 1. The molecule has 1 aliphatic heterocycles. The first-order valence-electron chi connectivity index (χ1n) is 13.7. The first kappa shape index (κ1) is 28.9. The molecular weight excluding hydrogens is 506 g/mol. The molecule has 0 radical (unpaired) electrons. The Labute approximate surface area is 237 Å². The Morgan fingerprint density at radius 2 is 1.57 bits per heavy atom. The predicted molar refractivity (Wildman–Crippen MR) is 159 cm³/mol. The van der Waals surface area contributed by atoms with Crippen molar-refractivity contribution in [3.8, 4) is 11.5 Å². The van der Waals surface area contributed by atoms with Crippen molar-refractivity contribution in [3.05, 3.63) is 71.9 Å². The number of benzene rings is 2. The van der Waals surface area contributed by atoms with E-state index in [1.54, 1.807) is 20.4 Å². The minimum absolute atomic E-state index is 0.0283. The van der Waals surface area contributed by atoms with Crippen LogP contribution < -0.4 is 25.4 Å². The number of carbonyl (C=O) groups excluding carboxylic acids is 1. The van der Waals surface area contributed by atoms with Crippen LogP contribution in [0.1, 0.15) is 44.7 Å². The van der Waals surface area contributed by atoms with Crippen LogP contribution in [0.15, 0.2) is 60.8 Å². The van der Waals surface area contributed by atoms with Crippen LogP contribution in [0.3, 0.4) is 0 Å². The fourth-order valence-corrected chi connectivity index (χ4v) is 4.81. The second kappa shape index (κ2) is 12.8. The Kier molecular flexibility index (Phi) is 9.24. The lowest BCUT2D eigenvalue weighted by molar-refractivity contribution is 0.0235. The minimum Gasteiger partial charge on any atom is -0.497 e. The number of likely N-dealkylation sites (tertiary alicyclic amines) is 1. The summed E-state index contributed by atoms with van der Waals surface area (Å²) in [6, 6.07) is 17.9. The van der Waals surface area contributed by atoms with Crippen molar-refractivity contribution in [3.63, 3.8) is 0 Å². The summed E-state index contributed by atoms with van der Waals surface area (Å²) in [6.45, 7) is 8.13. The van der Waals surface area contributed by atoms with E-state index in [1.807, 2.05) is 80.3 Å². The molecule has 2 aromatic carbocycles. The number of rotatable bonds is 10. The Hall–Kier alpha value is -4.14. The number of hydrogen-bond donors (Lipinski definition) is 2. The first-order chi connectivity index (χ1) is 19.2. The molecule has 1 amide bonds. The molecule has 9 heteroatoms. The second-order valence-electron chi connectivity index (χ2n) is 11.0. The standard InChI is InChI=1S/C31H41N5O4/c1-31(2,3)40-30(37)36-18-6-7-24(36)19-34-27-16-17-33-29(28(27)32)35(20-22-8-12-25(38-4)13-9-22)21-23-10-14-26(39-5)15-11-23/h8-17,24H,6-7,18-21,32H2,1-5H3,(H,33,34). The van der Waals surface area contributed by atoms with Gasteiger partial charge < -0.3 is 35.1 Å². The number of nitrogen functional groups attached to an aromatic ring is 1. The van der Waals surface area contributed by atoms with Crippen LogP contribution in [0, 0.1) is 0 Å². The maximum atomic E-state index is 12.7. The van der Waals surface area contributed by atoms with Crippen molar-refractivity contribution < 1.29 is 19.0 Å². The Bertz CT molecular complexity index is 1210. The van der Waals surface area contributed by atoms with Gasteiger partial charge in [0, 0.05) is 32.4 Å². The SMILES string of the molecule is COc1ccc(CN(Cc2ccc(OC)cc2)c2nccc(NCC3CCCN3C(=O)OC(C)(C)C)c2N)cc1. The number of amides is 1. The summed E-state index contributed by atoms with van der Waals surface area (Å²) in [5, 5.41) is 3.48. The van der Waals surface area contributed by atoms with Gasteiger partial charge in [-0.3, -0.25) is 0 Å². The molecule has 1 atom stereocenters. The van der Waals surface area contributed by atoms with E-state index >= 15 is 0 Å². The molecule has 0 saturated carbocycles. The molecule has 3 aromatic rings. The highest BCUT2D eigenvalue weighted by molar-refractivity contribution is 5.78.